The third-order valence-electron chi connectivity index (χ3n) is 5.44. The lowest BCUT2D eigenvalue weighted by Gasteiger charge is -2.47. The van der Waals surface area contributed by atoms with Crippen LogP contribution in [0.1, 0.15) is 32.8 Å². The van der Waals surface area contributed by atoms with Crippen LogP contribution in [0.5, 0.6) is 11.5 Å². The third kappa shape index (κ3) is 1.77. The average Bonchev–Trinajstić information content (AvgIpc) is 3.33. The molecule has 3 atom stereocenters. The average molecular weight is 325 g/mol. The maximum Gasteiger partial charge on any atom is 0.156 e. The van der Waals surface area contributed by atoms with E-state index < -0.39 is 0 Å². The van der Waals surface area contributed by atoms with Gasteiger partial charge in [0.2, 0.25) is 0 Å². The summed E-state index contributed by atoms with van der Waals surface area (Å²) in [7, 11) is 1.69. The van der Waals surface area contributed by atoms with E-state index in [-0.39, 0.29) is 24.8 Å². The van der Waals surface area contributed by atoms with E-state index in [0.29, 0.717) is 0 Å². The highest BCUT2D eigenvalue weighted by Crippen LogP contribution is 2.60. The number of rotatable bonds is 1. The number of nitrogens with one attached hydrogen (secondary N) is 1. The highest BCUT2D eigenvalue weighted by molar-refractivity contribution is 5.67. The second kappa shape index (κ2) is 4.45. The first-order valence-electron chi connectivity index (χ1n) is 8.43. The summed E-state index contributed by atoms with van der Waals surface area (Å²) >= 11 is 0. The van der Waals surface area contributed by atoms with Crippen molar-refractivity contribution in [3.8, 4) is 11.5 Å². The molecule has 0 radical (unpaired) electrons. The topological polar surface area (TPSA) is 43.0 Å². The van der Waals surface area contributed by atoms with Gasteiger partial charge in [0.1, 0.15) is 23.2 Å². The first kappa shape index (κ1) is 14.2. The van der Waals surface area contributed by atoms with Gasteiger partial charge in [-0.3, -0.25) is 0 Å². The number of hydrogen-bond acceptors (Lipinski definition) is 4. The quantitative estimate of drug-likeness (QED) is 0.807. The maximum atomic E-state index is 6.32. The Hall–Kier alpha value is -2.20. The van der Waals surface area contributed by atoms with Gasteiger partial charge in [-0.05, 0) is 31.5 Å². The Morgan fingerprint density at radius 2 is 2.00 bits per heavy atom. The minimum atomic E-state index is -0.277. The molecule has 126 valence electrons. The van der Waals surface area contributed by atoms with Crippen LogP contribution < -0.4 is 14.8 Å². The van der Waals surface area contributed by atoms with Crippen LogP contribution in [0.2, 0.25) is 0 Å². The molecule has 1 saturated heterocycles. The highest BCUT2D eigenvalue weighted by atomic mass is 16.6. The molecular formula is C20H23NO3. The Balaban J connectivity index is 0.00000157. The molecule has 0 saturated carbocycles. The van der Waals surface area contributed by atoms with E-state index in [4.69, 9.17) is 14.2 Å². The van der Waals surface area contributed by atoms with Crippen molar-refractivity contribution in [2.45, 2.75) is 43.6 Å². The minimum Gasteiger partial charge on any atom is -0.497 e. The molecule has 3 aliphatic rings. The standard InChI is InChI=1S/C20H21NO3.H2/c1-19(2)11-20(14-9-8-12(22-3)10-16(14)24-19)13-6-4-5-7-15(13)21-18-17(20)23-18;/h4-10,17-18,21H,11H2,1-3H3;1H. The van der Waals surface area contributed by atoms with Crippen molar-refractivity contribution in [2.75, 3.05) is 12.4 Å². The fourth-order valence-electron chi connectivity index (χ4n) is 4.58. The van der Waals surface area contributed by atoms with Gasteiger partial charge in [0, 0.05) is 25.2 Å². The Kier molecular flexibility index (Phi) is 2.63. The van der Waals surface area contributed by atoms with Crippen molar-refractivity contribution in [2.24, 2.45) is 0 Å². The molecule has 4 heteroatoms. The Morgan fingerprint density at radius 3 is 2.83 bits per heavy atom. The first-order chi connectivity index (χ1) is 11.5. The Labute approximate surface area is 143 Å². The molecule has 3 heterocycles. The molecule has 3 aliphatic heterocycles. The Bertz CT molecular complexity index is 837. The molecule has 0 bridgehead atoms. The monoisotopic (exact) mass is 325 g/mol. The van der Waals surface area contributed by atoms with Gasteiger partial charge in [0.15, 0.2) is 6.23 Å². The Morgan fingerprint density at radius 1 is 1.17 bits per heavy atom. The van der Waals surface area contributed by atoms with E-state index in [9.17, 15) is 0 Å². The van der Waals surface area contributed by atoms with Crippen molar-refractivity contribution in [3.05, 3.63) is 53.6 Å². The van der Waals surface area contributed by atoms with Crippen molar-refractivity contribution >= 4 is 5.69 Å². The van der Waals surface area contributed by atoms with Gasteiger partial charge in [-0.25, -0.2) is 0 Å². The highest BCUT2D eigenvalue weighted by Gasteiger charge is 2.64. The smallest absolute Gasteiger partial charge is 0.156 e. The zero-order chi connectivity index (χ0) is 16.5. The molecule has 2 aromatic carbocycles. The van der Waals surface area contributed by atoms with Crippen LogP contribution in [0, 0.1) is 0 Å². The summed E-state index contributed by atoms with van der Waals surface area (Å²) in [6, 6.07) is 14.7. The molecule has 24 heavy (non-hydrogen) atoms. The predicted octanol–water partition coefficient (Wildman–Crippen LogP) is 3.94. The summed E-state index contributed by atoms with van der Waals surface area (Å²) in [5.41, 5.74) is 3.20. The summed E-state index contributed by atoms with van der Waals surface area (Å²) in [6.45, 7) is 4.30. The van der Waals surface area contributed by atoms with Crippen molar-refractivity contribution in [1.29, 1.82) is 0 Å². The number of fused-ring (bicyclic) bond motifs is 6. The summed E-state index contributed by atoms with van der Waals surface area (Å²) in [4.78, 5) is 0. The minimum absolute atomic E-state index is 0. The normalized spacial score (nSPS) is 31.1. The molecule has 1 N–H and O–H groups in total. The van der Waals surface area contributed by atoms with Crippen molar-refractivity contribution in [1.82, 2.24) is 0 Å². The lowest BCUT2D eigenvalue weighted by Crippen LogP contribution is -2.50. The van der Waals surface area contributed by atoms with Crippen LogP contribution in [-0.4, -0.2) is 25.0 Å². The lowest BCUT2D eigenvalue weighted by molar-refractivity contribution is 0.0459. The zero-order valence-corrected chi connectivity index (χ0v) is 14.1. The van der Waals surface area contributed by atoms with Crippen molar-refractivity contribution < 1.29 is 15.6 Å². The van der Waals surface area contributed by atoms with Gasteiger partial charge in [0.25, 0.3) is 0 Å². The molecule has 5 rings (SSSR count). The van der Waals surface area contributed by atoms with Crippen LogP contribution >= 0.6 is 0 Å². The molecule has 0 aromatic heterocycles. The molecule has 2 aromatic rings. The predicted molar refractivity (Wildman–Crippen MR) is 93.9 cm³/mol. The van der Waals surface area contributed by atoms with Gasteiger partial charge in [-0.2, -0.15) is 0 Å². The summed E-state index contributed by atoms with van der Waals surface area (Å²) in [6.07, 6.45) is 1.12. The van der Waals surface area contributed by atoms with Gasteiger partial charge < -0.3 is 19.5 Å². The molecule has 4 nitrogen and oxygen atoms in total. The van der Waals surface area contributed by atoms with Crippen molar-refractivity contribution in [3.63, 3.8) is 0 Å². The summed E-state index contributed by atoms with van der Waals surface area (Å²) < 4.78 is 17.8. The second-order valence-electron chi connectivity index (χ2n) is 7.54. The van der Waals surface area contributed by atoms with Gasteiger partial charge in [-0.1, -0.05) is 24.3 Å². The molecule has 1 spiro atoms. The first-order valence-corrected chi connectivity index (χ1v) is 8.43. The number of ether oxygens (including phenoxy) is 3. The van der Waals surface area contributed by atoms with E-state index >= 15 is 0 Å². The number of methoxy groups -OCH3 is 1. The fourth-order valence-corrected chi connectivity index (χ4v) is 4.58. The summed E-state index contributed by atoms with van der Waals surface area (Å²) in [5, 5.41) is 3.50. The fraction of sp³-hybridized carbons (Fsp3) is 0.400. The van der Waals surface area contributed by atoms with Gasteiger partial charge >= 0.3 is 0 Å². The summed E-state index contributed by atoms with van der Waals surface area (Å²) in [5.74, 6) is 1.72. The van der Waals surface area contributed by atoms with Gasteiger partial charge in [0.05, 0.1) is 12.5 Å². The van der Waals surface area contributed by atoms with E-state index in [1.807, 2.05) is 12.1 Å². The lowest BCUT2D eigenvalue weighted by atomic mass is 9.63. The van der Waals surface area contributed by atoms with Crippen LogP contribution in [0.15, 0.2) is 42.5 Å². The molecule has 1 fully saturated rings. The number of benzene rings is 2. The van der Waals surface area contributed by atoms with E-state index in [1.165, 1.54) is 11.1 Å². The largest absolute Gasteiger partial charge is 0.497 e. The number of epoxide rings is 1. The van der Waals surface area contributed by atoms with Crippen LogP contribution in [0.4, 0.5) is 5.69 Å². The number of hydrogen-bond donors (Lipinski definition) is 1. The molecule has 0 aliphatic carbocycles. The second-order valence-corrected chi connectivity index (χ2v) is 7.54. The van der Waals surface area contributed by atoms with Gasteiger partial charge in [-0.15, -0.1) is 0 Å². The van der Waals surface area contributed by atoms with Crippen LogP contribution in [0.25, 0.3) is 0 Å². The number of para-hydroxylation sites is 1. The third-order valence-corrected chi connectivity index (χ3v) is 5.44. The van der Waals surface area contributed by atoms with Crippen LogP contribution in [-0.2, 0) is 10.2 Å². The zero-order valence-electron chi connectivity index (χ0n) is 14.1. The molecule has 3 unspecified atom stereocenters. The molecule has 0 amide bonds. The van der Waals surface area contributed by atoms with E-state index in [0.717, 1.165) is 23.6 Å². The van der Waals surface area contributed by atoms with Crippen LogP contribution in [0.3, 0.4) is 0 Å². The SMILES string of the molecule is COc1ccc2c(c1)OC(C)(C)CC21c2ccccc2NC2OC21.[HH]. The molecular weight excluding hydrogens is 302 g/mol. The maximum absolute atomic E-state index is 6.32. The number of anilines is 1. The van der Waals surface area contributed by atoms with E-state index in [2.05, 4.69) is 49.5 Å². The van der Waals surface area contributed by atoms with E-state index in [1.54, 1.807) is 7.11 Å².